The lowest BCUT2D eigenvalue weighted by Gasteiger charge is -2.35. The molecule has 0 saturated carbocycles. The fraction of sp³-hybridized carbons (Fsp3) is 0.833. The molecule has 4 heteroatoms. The number of hydrogen-bond acceptors (Lipinski definition) is 3. The van der Waals surface area contributed by atoms with Crippen molar-refractivity contribution in [2.45, 2.75) is 64.1 Å². The summed E-state index contributed by atoms with van der Waals surface area (Å²) in [4.78, 5) is 25.3. The first-order valence-corrected chi connectivity index (χ1v) is 5.92. The first kappa shape index (κ1) is 11.4. The van der Waals surface area contributed by atoms with Crippen molar-refractivity contribution in [2.75, 3.05) is 0 Å². The Bertz CT molecular complexity index is 319. The highest BCUT2D eigenvalue weighted by Crippen LogP contribution is 2.34. The zero-order valence-corrected chi connectivity index (χ0v) is 10.2. The number of hydrogen-bond donors (Lipinski definition) is 0. The van der Waals surface area contributed by atoms with Crippen LogP contribution in [0.2, 0.25) is 0 Å². The Kier molecular flexibility index (Phi) is 2.68. The second kappa shape index (κ2) is 3.75. The number of nitrogens with zero attached hydrogens (tertiary/aromatic N) is 1. The summed E-state index contributed by atoms with van der Waals surface area (Å²) in [6, 6.07) is 0.00569. The maximum absolute atomic E-state index is 12.0. The van der Waals surface area contributed by atoms with E-state index in [0.29, 0.717) is 6.42 Å². The maximum Gasteiger partial charge on any atom is 0.411 e. The molecule has 2 heterocycles. The van der Waals surface area contributed by atoms with Gasteiger partial charge in [-0.15, -0.1) is 0 Å². The van der Waals surface area contributed by atoms with Gasteiger partial charge in [-0.1, -0.05) is 0 Å². The van der Waals surface area contributed by atoms with Crippen molar-refractivity contribution in [3.8, 4) is 0 Å². The highest BCUT2D eigenvalue weighted by molar-refractivity contribution is 5.89. The van der Waals surface area contributed by atoms with E-state index in [-0.39, 0.29) is 24.0 Å². The molecular weight excluding hydrogens is 206 g/mol. The van der Waals surface area contributed by atoms with Gasteiger partial charge in [-0.3, -0.25) is 9.69 Å². The van der Waals surface area contributed by atoms with Gasteiger partial charge in [0.2, 0.25) is 0 Å². The van der Waals surface area contributed by atoms with Crippen molar-refractivity contribution in [2.24, 2.45) is 0 Å². The molecule has 0 aromatic carbocycles. The van der Waals surface area contributed by atoms with E-state index in [2.05, 4.69) is 0 Å². The minimum Gasteiger partial charge on any atom is -0.444 e. The first-order valence-electron chi connectivity index (χ1n) is 5.92. The van der Waals surface area contributed by atoms with Crippen LogP contribution in [-0.4, -0.2) is 34.5 Å². The van der Waals surface area contributed by atoms with Crippen LogP contribution in [0.15, 0.2) is 0 Å². The topological polar surface area (TPSA) is 46.6 Å². The molecule has 2 aliphatic rings. The summed E-state index contributed by atoms with van der Waals surface area (Å²) in [5.41, 5.74) is -0.489. The third-order valence-electron chi connectivity index (χ3n) is 3.20. The van der Waals surface area contributed by atoms with Gasteiger partial charge in [0.1, 0.15) is 5.60 Å². The second-order valence-electron chi connectivity index (χ2n) is 5.64. The number of piperidine rings is 1. The number of ketones is 1. The molecule has 0 unspecified atom stereocenters. The Morgan fingerprint density at radius 1 is 1.31 bits per heavy atom. The van der Waals surface area contributed by atoms with Gasteiger partial charge in [0.05, 0.1) is 6.04 Å². The largest absolute Gasteiger partial charge is 0.444 e. The monoisotopic (exact) mass is 225 g/mol. The normalized spacial score (nSPS) is 29.4. The number of ether oxygens (including phenoxy) is 1. The van der Waals surface area contributed by atoms with Crippen LogP contribution >= 0.6 is 0 Å². The molecular formula is C12H19NO3. The fourth-order valence-corrected chi connectivity index (χ4v) is 2.55. The van der Waals surface area contributed by atoms with E-state index in [1.165, 1.54) is 0 Å². The summed E-state index contributed by atoms with van der Waals surface area (Å²) >= 11 is 0. The Morgan fingerprint density at radius 2 is 2.00 bits per heavy atom. The molecule has 2 fully saturated rings. The van der Waals surface area contributed by atoms with Crippen molar-refractivity contribution >= 4 is 11.9 Å². The molecule has 2 aliphatic heterocycles. The van der Waals surface area contributed by atoms with Crippen LogP contribution in [0.1, 0.15) is 46.5 Å². The Labute approximate surface area is 95.9 Å². The van der Waals surface area contributed by atoms with E-state index in [0.717, 1.165) is 19.3 Å². The van der Waals surface area contributed by atoms with Gasteiger partial charge in [-0.25, -0.2) is 4.79 Å². The molecule has 0 aromatic heterocycles. The highest BCUT2D eigenvalue weighted by Gasteiger charge is 2.45. The second-order valence-corrected chi connectivity index (χ2v) is 5.64. The lowest BCUT2D eigenvalue weighted by molar-refractivity contribution is -0.126. The molecule has 2 rings (SSSR count). The van der Waals surface area contributed by atoms with Crippen LogP contribution in [0.3, 0.4) is 0 Å². The summed E-state index contributed by atoms with van der Waals surface area (Å²) in [6.45, 7) is 5.54. The predicted molar refractivity (Wildman–Crippen MR) is 59.1 cm³/mol. The number of Topliss-reactive ketones (excluding diaryl/α,β-unsaturated/α-hetero) is 1. The molecule has 0 aromatic rings. The van der Waals surface area contributed by atoms with E-state index < -0.39 is 5.60 Å². The van der Waals surface area contributed by atoms with E-state index in [1.807, 2.05) is 20.8 Å². The van der Waals surface area contributed by atoms with Crippen molar-refractivity contribution < 1.29 is 14.3 Å². The lowest BCUT2D eigenvalue weighted by Crippen LogP contribution is -2.50. The molecule has 0 spiro atoms. The van der Waals surface area contributed by atoms with Crippen molar-refractivity contribution in [1.82, 2.24) is 4.90 Å². The number of amides is 1. The van der Waals surface area contributed by atoms with Crippen LogP contribution in [-0.2, 0) is 9.53 Å². The molecule has 2 bridgehead atoms. The van der Waals surface area contributed by atoms with Crippen molar-refractivity contribution in [3.05, 3.63) is 0 Å². The quantitative estimate of drug-likeness (QED) is 0.634. The number of fused-ring (bicyclic) bond motifs is 2. The van der Waals surface area contributed by atoms with Gasteiger partial charge in [0, 0.05) is 12.5 Å². The Hall–Kier alpha value is -1.06. The molecule has 0 N–H and O–H groups in total. The zero-order chi connectivity index (χ0) is 11.9. The molecule has 4 nitrogen and oxygen atoms in total. The van der Waals surface area contributed by atoms with Crippen LogP contribution in [0.5, 0.6) is 0 Å². The Balaban J connectivity index is 2.09. The SMILES string of the molecule is CC(C)(C)OC(=O)N1[C@@H]2CCC(=O)[C@@H]1CC2. The van der Waals surface area contributed by atoms with Gasteiger partial charge in [-0.2, -0.15) is 0 Å². The highest BCUT2D eigenvalue weighted by atomic mass is 16.6. The average Bonchev–Trinajstić information content (AvgIpc) is 2.46. The number of carbonyl (C=O) groups is 2. The predicted octanol–water partition coefficient (Wildman–Crippen LogP) is 2.12. The molecule has 2 saturated heterocycles. The van der Waals surface area contributed by atoms with Crippen molar-refractivity contribution in [3.63, 3.8) is 0 Å². The van der Waals surface area contributed by atoms with Gasteiger partial charge in [0.25, 0.3) is 0 Å². The van der Waals surface area contributed by atoms with Crippen LogP contribution < -0.4 is 0 Å². The fourth-order valence-electron chi connectivity index (χ4n) is 2.55. The number of rotatable bonds is 0. The third kappa shape index (κ3) is 2.06. The summed E-state index contributed by atoms with van der Waals surface area (Å²) in [7, 11) is 0. The Morgan fingerprint density at radius 3 is 2.62 bits per heavy atom. The summed E-state index contributed by atoms with van der Waals surface area (Å²) in [5.74, 6) is 0.194. The van der Waals surface area contributed by atoms with E-state index in [9.17, 15) is 9.59 Å². The maximum atomic E-state index is 12.0. The van der Waals surface area contributed by atoms with Crippen LogP contribution in [0.4, 0.5) is 4.79 Å². The van der Waals surface area contributed by atoms with E-state index >= 15 is 0 Å². The molecule has 1 amide bonds. The third-order valence-corrected chi connectivity index (χ3v) is 3.20. The molecule has 2 atom stereocenters. The molecule has 0 radical (unpaired) electrons. The minimum atomic E-state index is -0.489. The smallest absolute Gasteiger partial charge is 0.411 e. The average molecular weight is 225 g/mol. The standard InChI is InChI=1S/C12H19NO3/c1-12(2,3)16-11(15)13-8-4-6-9(13)10(14)7-5-8/h8-9H,4-7H2,1-3H3/t8-,9-/m0/s1. The van der Waals surface area contributed by atoms with Gasteiger partial charge < -0.3 is 4.74 Å². The van der Waals surface area contributed by atoms with Crippen LogP contribution in [0, 0.1) is 0 Å². The van der Waals surface area contributed by atoms with E-state index in [4.69, 9.17) is 4.74 Å². The van der Waals surface area contributed by atoms with Gasteiger partial charge >= 0.3 is 6.09 Å². The minimum absolute atomic E-state index is 0.194. The first-order chi connectivity index (χ1) is 7.38. The molecule has 0 aliphatic carbocycles. The lowest BCUT2D eigenvalue weighted by atomic mass is 10.0. The molecule has 90 valence electrons. The summed E-state index contributed by atoms with van der Waals surface area (Å²) in [6.07, 6.45) is 2.84. The number of carbonyl (C=O) groups excluding carboxylic acids is 2. The van der Waals surface area contributed by atoms with Crippen LogP contribution in [0.25, 0.3) is 0 Å². The van der Waals surface area contributed by atoms with Gasteiger partial charge in [0.15, 0.2) is 5.78 Å². The zero-order valence-electron chi connectivity index (χ0n) is 10.2. The van der Waals surface area contributed by atoms with Crippen molar-refractivity contribution in [1.29, 1.82) is 0 Å². The summed E-state index contributed by atoms with van der Waals surface area (Å²) in [5, 5.41) is 0. The molecule has 16 heavy (non-hydrogen) atoms. The summed E-state index contributed by atoms with van der Waals surface area (Å²) < 4.78 is 5.34. The van der Waals surface area contributed by atoms with E-state index in [1.54, 1.807) is 4.90 Å². The van der Waals surface area contributed by atoms with Gasteiger partial charge in [-0.05, 0) is 40.0 Å².